The van der Waals surface area contributed by atoms with Gasteiger partial charge >= 0.3 is 0 Å². The number of aromatic nitrogens is 1. The standard InChI is InChI=1S/C12H19N3S/c1-4-14-12(16-3)15(5-2)10-11-7-6-8-13-9-11/h6-9H,4-5,10H2,1-3H3. The minimum atomic E-state index is 0.833. The van der Waals surface area contributed by atoms with Crippen LogP contribution in [0.4, 0.5) is 0 Å². The van der Waals surface area contributed by atoms with Crippen molar-refractivity contribution in [1.82, 2.24) is 9.88 Å². The Morgan fingerprint density at radius 3 is 2.81 bits per heavy atom. The average molecular weight is 237 g/mol. The molecule has 3 nitrogen and oxygen atoms in total. The van der Waals surface area contributed by atoms with Crippen molar-refractivity contribution >= 4 is 16.9 Å². The molecule has 16 heavy (non-hydrogen) atoms. The Morgan fingerprint density at radius 1 is 1.50 bits per heavy atom. The fourth-order valence-corrected chi connectivity index (χ4v) is 2.17. The topological polar surface area (TPSA) is 28.5 Å². The van der Waals surface area contributed by atoms with Crippen molar-refractivity contribution in [3.63, 3.8) is 0 Å². The molecule has 1 heterocycles. The number of nitrogens with zero attached hydrogens (tertiary/aromatic N) is 3. The summed E-state index contributed by atoms with van der Waals surface area (Å²) in [7, 11) is 0. The van der Waals surface area contributed by atoms with Gasteiger partial charge in [-0.25, -0.2) is 0 Å². The van der Waals surface area contributed by atoms with E-state index in [9.17, 15) is 0 Å². The first-order chi connectivity index (χ1) is 7.81. The molecule has 0 unspecified atom stereocenters. The summed E-state index contributed by atoms with van der Waals surface area (Å²) in [6, 6.07) is 4.07. The summed E-state index contributed by atoms with van der Waals surface area (Å²) >= 11 is 1.70. The van der Waals surface area contributed by atoms with Gasteiger partial charge < -0.3 is 4.90 Å². The lowest BCUT2D eigenvalue weighted by atomic mass is 10.3. The van der Waals surface area contributed by atoms with Crippen LogP contribution in [0.5, 0.6) is 0 Å². The monoisotopic (exact) mass is 237 g/mol. The van der Waals surface area contributed by atoms with Crippen LogP contribution in [0.25, 0.3) is 0 Å². The molecule has 1 aromatic rings. The number of pyridine rings is 1. The molecule has 0 saturated heterocycles. The van der Waals surface area contributed by atoms with Crippen LogP contribution < -0.4 is 0 Å². The van der Waals surface area contributed by atoms with Crippen molar-refractivity contribution in [3.05, 3.63) is 30.1 Å². The number of aliphatic imine (C=N–C) groups is 1. The minimum Gasteiger partial charge on any atom is -0.347 e. The number of hydrogen-bond acceptors (Lipinski definition) is 3. The fourth-order valence-electron chi connectivity index (χ4n) is 1.46. The zero-order valence-electron chi connectivity index (χ0n) is 10.2. The van der Waals surface area contributed by atoms with Gasteiger partial charge in [-0.2, -0.15) is 0 Å². The molecule has 0 aliphatic heterocycles. The zero-order chi connectivity index (χ0) is 11.8. The van der Waals surface area contributed by atoms with Crippen LogP contribution in [0, 0.1) is 0 Å². The lowest BCUT2D eigenvalue weighted by molar-refractivity contribution is 0.442. The van der Waals surface area contributed by atoms with Crippen molar-refractivity contribution in [2.45, 2.75) is 20.4 Å². The van der Waals surface area contributed by atoms with E-state index in [1.807, 2.05) is 12.3 Å². The Kier molecular flexibility index (Phi) is 5.93. The molecule has 0 spiro atoms. The number of amidine groups is 1. The summed E-state index contributed by atoms with van der Waals surface area (Å²) in [5.41, 5.74) is 1.22. The third-order valence-electron chi connectivity index (χ3n) is 2.22. The van der Waals surface area contributed by atoms with Gasteiger partial charge in [0, 0.05) is 32.0 Å². The third-order valence-corrected chi connectivity index (χ3v) is 2.98. The van der Waals surface area contributed by atoms with Gasteiger partial charge in [0.2, 0.25) is 0 Å². The van der Waals surface area contributed by atoms with E-state index < -0.39 is 0 Å². The highest BCUT2D eigenvalue weighted by Crippen LogP contribution is 2.10. The first kappa shape index (κ1) is 13.0. The summed E-state index contributed by atoms with van der Waals surface area (Å²) in [6.07, 6.45) is 5.78. The predicted molar refractivity (Wildman–Crippen MR) is 71.8 cm³/mol. The molecule has 0 radical (unpaired) electrons. The van der Waals surface area contributed by atoms with Crippen LogP contribution in [-0.2, 0) is 6.54 Å². The molecule has 0 fully saturated rings. The van der Waals surface area contributed by atoms with Crippen molar-refractivity contribution in [3.8, 4) is 0 Å². The Morgan fingerprint density at radius 2 is 2.31 bits per heavy atom. The van der Waals surface area contributed by atoms with E-state index in [0.717, 1.165) is 24.8 Å². The van der Waals surface area contributed by atoms with Crippen LogP contribution in [0.1, 0.15) is 19.4 Å². The molecule has 0 atom stereocenters. The number of thioether (sulfide) groups is 1. The molecule has 0 saturated carbocycles. The van der Waals surface area contributed by atoms with Gasteiger partial charge in [0.15, 0.2) is 5.17 Å². The molecule has 0 aromatic carbocycles. The average Bonchev–Trinajstić information content (AvgIpc) is 2.35. The lowest BCUT2D eigenvalue weighted by Crippen LogP contribution is -2.28. The highest BCUT2D eigenvalue weighted by atomic mass is 32.2. The molecule has 0 bridgehead atoms. The number of hydrogen-bond donors (Lipinski definition) is 0. The predicted octanol–water partition coefficient (Wildman–Crippen LogP) is 2.64. The van der Waals surface area contributed by atoms with E-state index in [2.05, 4.69) is 41.0 Å². The van der Waals surface area contributed by atoms with Crippen molar-refractivity contribution in [2.24, 2.45) is 4.99 Å². The second-order valence-electron chi connectivity index (χ2n) is 3.34. The van der Waals surface area contributed by atoms with Crippen LogP contribution in [-0.4, -0.2) is 34.4 Å². The van der Waals surface area contributed by atoms with Crippen LogP contribution in [0.15, 0.2) is 29.5 Å². The largest absolute Gasteiger partial charge is 0.347 e. The van der Waals surface area contributed by atoms with Gasteiger partial charge in [-0.15, -0.1) is 0 Å². The van der Waals surface area contributed by atoms with E-state index in [1.54, 1.807) is 18.0 Å². The van der Waals surface area contributed by atoms with Crippen LogP contribution >= 0.6 is 11.8 Å². The molecule has 4 heteroatoms. The Balaban J connectivity index is 2.72. The van der Waals surface area contributed by atoms with Gasteiger partial charge in [0.05, 0.1) is 0 Å². The maximum absolute atomic E-state index is 4.50. The summed E-state index contributed by atoms with van der Waals surface area (Å²) in [4.78, 5) is 10.9. The SMILES string of the molecule is CCN=C(SC)N(CC)Cc1cccnc1. The zero-order valence-corrected chi connectivity index (χ0v) is 11.0. The van der Waals surface area contributed by atoms with Gasteiger partial charge in [-0.3, -0.25) is 9.98 Å². The number of rotatable bonds is 4. The quantitative estimate of drug-likeness (QED) is 0.595. The van der Waals surface area contributed by atoms with Crippen LogP contribution in [0.2, 0.25) is 0 Å². The molecular formula is C12H19N3S. The van der Waals surface area contributed by atoms with Gasteiger partial charge in [-0.1, -0.05) is 17.8 Å². The highest BCUT2D eigenvalue weighted by molar-refractivity contribution is 8.13. The summed E-state index contributed by atoms with van der Waals surface area (Å²) in [5, 5.41) is 1.11. The smallest absolute Gasteiger partial charge is 0.159 e. The Hall–Kier alpha value is -1.03. The highest BCUT2D eigenvalue weighted by Gasteiger charge is 2.08. The van der Waals surface area contributed by atoms with E-state index in [0.29, 0.717) is 0 Å². The van der Waals surface area contributed by atoms with Gasteiger partial charge in [0.1, 0.15) is 0 Å². The Bertz CT molecular complexity index is 324. The second-order valence-corrected chi connectivity index (χ2v) is 4.11. The van der Waals surface area contributed by atoms with Gasteiger partial charge in [0.25, 0.3) is 0 Å². The molecule has 0 aliphatic rings. The molecule has 88 valence electrons. The molecule has 1 rings (SSSR count). The van der Waals surface area contributed by atoms with E-state index in [4.69, 9.17) is 0 Å². The summed E-state index contributed by atoms with van der Waals surface area (Å²) < 4.78 is 0. The van der Waals surface area contributed by atoms with E-state index in [1.165, 1.54) is 5.56 Å². The summed E-state index contributed by atoms with van der Waals surface area (Å²) in [6.45, 7) is 6.89. The molecule has 0 amide bonds. The molecule has 1 aromatic heterocycles. The van der Waals surface area contributed by atoms with Crippen molar-refractivity contribution < 1.29 is 0 Å². The Labute approximate surface area is 102 Å². The third kappa shape index (κ3) is 3.85. The first-order valence-electron chi connectivity index (χ1n) is 5.54. The maximum atomic E-state index is 4.50. The second kappa shape index (κ2) is 7.28. The summed E-state index contributed by atoms with van der Waals surface area (Å²) in [5.74, 6) is 0. The van der Waals surface area contributed by atoms with E-state index in [-0.39, 0.29) is 0 Å². The lowest BCUT2D eigenvalue weighted by Gasteiger charge is -2.23. The van der Waals surface area contributed by atoms with Gasteiger partial charge in [-0.05, 0) is 31.7 Å². The van der Waals surface area contributed by atoms with E-state index >= 15 is 0 Å². The molecular weight excluding hydrogens is 218 g/mol. The fraction of sp³-hybridized carbons (Fsp3) is 0.500. The van der Waals surface area contributed by atoms with Crippen molar-refractivity contribution in [1.29, 1.82) is 0 Å². The van der Waals surface area contributed by atoms with Crippen LogP contribution in [0.3, 0.4) is 0 Å². The maximum Gasteiger partial charge on any atom is 0.159 e. The normalized spacial score (nSPS) is 11.6. The first-order valence-corrected chi connectivity index (χ1v) is 6.76. The molecule has 0 aliphatic carbocycles. The minimum absolute atomic E-state index is 0.833. The molecule has 0 N–H and O–H groups in total. The van der Waals surface area contributed by atoms with Crippen molar-refractivity contribution in [2.75, 3.05) is 19.3 Å².